The number of allylic oxidation sites excluding steroid dienone is 28. The van der Waals surface area contributed by atoms with Crippen molar-refractivity contribution >= 4 is 17.9 Å². The smallest absolute Gasteiger partial charge is 0.306 e. The Labute approximate surface area is 453 Å². The molecule has 0 saturated heterocycles. The van der Waals surface area contributed by atoms with E-state index < -0.39 is 6.10 Å². The quantitative estimate of drug-likeness (QED) is 0.0261. The van der Waals surface area contributed by atoms with E-state index >= 15 is 0 Å². The molecule has 0 aliphatic heterocycles. The molecule has 0 saturated carbocycles. The molecule has 412 valence electrons. The fourth-order valence-electron chi connectivity index (χ4n) is 7.12. The zero-order valence-electron chi connectivity index (χ0n) is 47.0. The Balaban J connectivity index is 4.48. The van der Waals surface area contributed by atoms with Crippen molar-refractivity contribution in [3.8, 4) is 0 Å². The molecule has 1 unspecified atom stereocenters. The average Bonchev–Trinajstić information content (AvgIpc) is 3.40. The first-order chi connectivity index (χ1) is 36.5. The van der Waals surface area contributed by atoms with Gasteiger partial charge in [0.25, 0.3) is 0 Å². The van der Waals surface area contributed by atoms with Crippen LogP contribution in [0.25, 0.3) is 0 Å². The van der Waals surface area contributed by atoms with E-state index in [1.54, 1.807) is 0 Å². The van der Waals surface area contributed by atoms with Crippen LogP contribution in [0.4, 0.5) is 0 Å². The van der Waals surface area contributed by atoms with Crippen LogP contribution in [-0.2, 0) is 28.6 Å². The van der Waals surface area contributed by atoms with E-state index in [1.165, 1.54) is 19.3 Å². The Kier molecular flexibility index (Phi) is 56.1. The van der Waals surface area contributed by atoms with Gasteiger partial charge in [0.15, 0.2) is 6.10 Å². The van der Waals surface area contributed by atoms with Crippen LogP contribution in [-0.4, -0.2) is 37.2 Å². The topological polar surface area (TPSA) is 78.9 Å². The third-order valence-corrected chi connectivity index (χ3v) is 11.4. The maximum absolute atomic E-state index is 12.8. The van der Waals surface area contributed by atoms with Gasteiger partial charge < -0.3 is 14.2 Å². The molecule has 74 heavy (non-hydrogen) atoms. The second kappa shape index (κ2) is 60.3. The molecular weight excluding hydrogens is 913 g/mol. The molecule has 0 aliphatic rings. The van der Waals surface area contributed by atoms with Crippen molar-refractivity contribution in [1.82, 2.24) is 0 Å². The molecule has 6 heteroatoms. The van der Waals surface area contributed by atoms with E-state index in [0.29, 0.717) is 12.8 Å². The molecule has 0 spiro atoms. The zero-order chi connectivity index (χ0) is 53.6. The molecule has 0 N–H and O–H groups in total. The number of hydrogen-bond donors (Lipinski definition) is 0. The highest BCUT2D eigenvalue weighted by atomic mass is 16.6. The first kappa shape index (κ1) is 68.8. The number of unbranched alkanes of at least 4 members (excludes halogenated alkanes) is 11. The van der Waals surface area contributed by atoms with Crippen LogP contribution < -0.4 is 0 Å². The van der Waals surface area contributed by atoms with Gasteiger partial charge in [0.1, 0.15) is 13.2 Å². The SMILES string of the molecule is CC/C=C\C/C=C\C/C=C\C/C=C\C/C=C\C/C=C\C/C=C\C/C=C\C/C=C\CCCC(=O)OCC(COC(=O)CCCCC/C=C\C/C=C\C/C=C\CC)OC(=O)CCCCCCC/C=C\C/C=C\CCCC. The van der Waals surface area contributed by atoms with E-state index in [-0.39, 0.29) is 44.0 Å². The Morgan fingerprint density at radius 2 is 0.541 bits per heavy atom. The van der Waals surface area contributed by atoms with Crippen molar-refractivity contribution in [2.75, 3.05) is 13.2 Å². The van der Waals surface area contributed by atoms with Crippen molar-refractivity contribution in [2.45, 2.75) is 226 Å². The number of hydrogen-bond acceptors (Lipinski definition) is 6. The van der Waals surface area contributed by atoms with Gasteiger partial charge in [-0.25, -0.2) is 0 Å². The highest BCUT2D eigenvalue weighted by molar-refractivity contribution is 5.71. The lowest BCUT2D eigenvalue weighted by Gasteiger charge is -2.18. The molecule has 0 radical (unpaired) electrons. The molecule has 0 aliphatic carbocycles. The van der Waals surface area contributed by atoms with E-state index in [0.717, 1.165) is 154 Å². The Hall–Kier alpha value is -5.23. The summed E-state index contributed by atoms with van der Waals surface area (Å²) in [4.78, 5) is 38.1. The van der Waals surface area contributed by atoms with Crippen LogP contribution in [0, 0.1) is 0 Å². The van der Waals surface area contributed by atoms with Crippen molar-refractivity contribution < 1.29 is 28.6 Å². The van der Waals surface area contributed by atoms with E-state index in [1.807, 2.05) is 0 Å². The van der Waals surface area contributed by atoms with Gasteiger partial charge in [-0.3, -0.25) is 14.4 Å². The second-order valence-electron chi connectivity index (χ2n) is 18.4. The molecule has 0 bridgehead atoms. The largest absolute Gasteiger partial charge is 0.462 e. The standard InChI is InChI=1S/C68H104O6/c1-4-7-10-13-16-19-22-25-27-28-29-30-31-32-33-34-35-36-37-38-39-40-41-44-46-49-52-55-58-61-67(70)73-64-65(63-72-66(69)60-57-54-51-48-45-42-24-21-18-15-12-9-6-3)74-68(71)62-59-56-53-50-47-43-26-23-20-17-14-11-8-5-2/h7,9-10,12,14,16-19,21,23,25-27,29-30,32-33,35-36,38-39,41-42,44-45,49,52,65H,4-6,8,11,13,15,20,22,24,28,31,34,37,40,43,46-48,50-51,53-64H2,1-3H3/b10-7-,12-9-,17-14-,19-16-,21-18-,26-23-,27-25-,30-29-,33-32-,36-35-,39-38-,44-41-,45-42-,52-49-. The second-order valence-corrected chi connectivity index (χ2v) is 18.4. The Morgan fingerprint density at radius 3 is 0.892 bits per heavy atom. The minimum absolute atomic E-state index is 0.125. The molecule has 6 nitrogen and oxygen atoms in total. The number of carbonyl (C=O) groups is 3. The summed E-state index contributed by atoms with van der Waals surface area (Å²) in [7, 11) is 0. The van der Waals surface area contributed by atoms with Crippen molar-refractivity contribution in [1.29, 1.82) is 0 Å². The molecular formula is C68H104O6. The van der Waals surface area contributed by atoms with E-state index in [2.05, 4.69) is 191 Å². The lowest BCUT2D eigenvalue weighted by molar-refractivity contribution is -0.167. The minimum atomic E-state index is -0.830. The number of ether oxygens (including phenoxy) is 3. The lowest BCUT2D eigenvalue weighted by atomic mass is 10.1. The first-order valence-corrected chi connectivity index (χ1v) is 29.1. The molecule has 1 atom stereocenters. The number of esters is 3. The van der Waals surface area contributed by atoms with Gasteiger partial charge in [-0.05, 0) is 141 Å². The predicted molar refractivity (Wildman–Crippen MR) is 320 cm³/mol. The summed E-state index contributed by atoms with van der Waals surface area (Å²) < 4.78 is 16.7. The molecule has 0 heterocycles. The maximum atomic E-state index is 12.8. The van der Waals surface area contributed by atoms with Gasteiger partial charge >= 0.3 is 17.9 Å². The Bertz CT molecular complexity index is 1740. The van der Waals surface area contributed by atoms with Crippen molar-refractivity contribution in [3.63, 3.8) is 0 Å². The van der Waals surface area contributed by atoms with Crippen LogP contribution in [0.2, 0.25) is 0 Å². The number of carbonyl (C=O) groups excluding carboxylic acids is 3. The van der Waals surface area contributed by atoms with Gasteiger partial charge in [-0.1, -0.05) is 229 Å². The molecule has 0 fully saturated rings. The van der Waals surface area contributed by atoms with Gasteiger partial charge in [-0.2, -0.15) is 0 Å². The average molecular weight is 1020 g/mol. The van der Waals surface area contributed by atoms with Gasteiger partial charge in [-0.15, -0.1) is 0 Å². The molecule has 0 amide bonds. The predicted octanol–water partition coefficient (Wildman–Crippen LogP) is 19.9. The summed E-state index contributed by atoms with van der Waals surface area (Å²) in [5.41, 5.74) is 0. The zero-order valence-corrected chi connectivity index (χ0v) is 47.0. The summed E-state index contributed by atoms with van der Waals surface area (Å²) in [6.45, 7) is 6.26. The molecule has 0 aromatic rings. The summed E-state index contributed by atoms with van der Waals surface area (Å²) in [6.07, 6.45) is 89.3. The highest BCUT2D eigenvalue weighted by Crippen LogP contribution is 2.12. The third-order valence-electron chi connectivity index (χ3n) is 11.4. The summed E-state index contributed by atoms with van der Waals surface area (Å²) >= 11 is 0. The minimum Gasteiger partial charge on any atom is -0.462 e. The maximum Gasteiger partial charge on any atom is 0.306 e. The van der Waals surface area contributed by atoms with E-state index in [9.17, 15) is 14.4 Å². The van der Waals surface area contributed by atoms with E-state index in [4.69, 9.17) is 14.2 Å². The van der Waals surface area contributed by atoms with Crippen molar-refractivity contribution in [3.05, 3.63) is 170 Å². The van der Waals surface area contributed by atoms with Crippen LogP contribution in [0.5, 0.6) is 0 Å². The van der Waals surface area contributed by atoms with Crippen LogP contribution in [0.15, 0.2) is 170 Å². The van der Waals surface area contributed by atoms with Crippen molar-refractivity contribution in [2.24, 2.45) is 0 Å². The molecule has 0 aromatic heterocycles. The third kappa shape index (κ3) is 57.7. The number of rotatable bonds is 50. The van der Waals surface area contributed by atoms with Crippen LogP contribution in [0.1, 0.15) is 220 Å². The normalized spacial score (nSPS) is 13.4. The Morgan fingerprint density at radius 1 is 0.284 bits per heavy atom. The summed E-state index contributed by atoms with van der Waals surface area (Å²) in [5.74, 6) is -1.04. The van der Waals surface area contributed by atoms with Gasteiger partial charge in [0.05, 0.1) is 0 Å². The summed E-state index contributed by atoms with van der Waals surface area (Å²) in [6, 6.07) is 0. The molecule has 0 aromatic carbocycles. The monoisotopic (exact) mass is 1020 g/mol. The van der Waals surface area contributed by atoms with Gasteiger partial charge in [0, 0.05) is 19.3 Å². The first-order valence-electron chi connectivity index (χ1n) is 29.1. The van der Waals surface area contributed by atoms with Crippen LogP contribution >= 0.6 is 0 Å². The fraction of sp³-hybridized carbons (Fsp3) is 0.544. The lowest BCUT2D eigenvalue weighted by Crippen LogP contribution is -2.30. The molecule has 0 rings (SSSR count). The summed E-state index contributed by atoms with van der Waals surface area (Å²) in [5, 5.41) is 0. The highest BCUT2D eigenvalue weighted by Gasteiger charge is 2.19. The fourth-order valence-corrected chi connectivity index (χ4v) is 7.12. The van der Waals surface area contributed by atoms with Gasteiger partial charge in [0.2, 0.25) is 0 Å². The van der Waals surface area contributed by atoms with Crippen LogP contribution in [0.3, 0.4) is 0 Å².